The zero-order valence-corrected chi connectivity index (χ0v) is 49.2. The molecule has 88 heavy (non-hydrogen) atoms. The van der Waals surface area contributed by atoms with Crippen LogP contribution in [0.1, 0.15) is 94.4 Å². The SMILES string of the molecule is CC[C@H](C)[C@H](O)C(=O)N1C(C(=O)N2C(C(=O)N3C(C(=O)N4C(C(=O)N[C@]5(C)COC5=O)CC(O)CN4C(=O)OCc4ccccc4)CCCN3C(=O)OCc3ccccc3)CCCN2C(=O)OCc2ccccc2)CCCN1C(=O)OCc1ccccc1. The molecule has 5 unspecified atom stereocenters. The van der Waals surface area contributed by atoms with Crippen molar-refractivity contribution in [3.05, 3.63) is 144 Å². The maximum absolute atomic E-state index is 16.4. The zero-order valence-electron chi connectivity index (χ0n) is 49.2. The quantitative estimate of drug-likeness (QED) is 0.0985. The molecule has 5 heterocycles. The van der Waals surface area contributed by atoms with Gasteiger partial charge in [0.1, 0.15) is 63.3 Å². The number of hydrogen-bond acceptors (Lipinski definition) is 17. The van der Waals surface area contributed by atoms with Gasteiger partial charge in [-0.3, -0.25) is 24.0 Å². The lowest BCUT2D eigenvalue weighted by Crippen LogP contribution is -2.74. The minimum absolute atomic E-state index is 0.00198. The second-order valence-corrected chi connectivity index (χ2v) is 22.5. The number of hydrazine groups is 4. The van der Waals surface area contributed by atoms with E-state index in [1.807, 2.05) is 0 Å². The first kappa shape index (κ1) is 63.2. The van der Waals surface area contributed by atoms with Crippen molar-refractivity contribution in [2.45, 2.75) is 140 Å². The van der Waals surface area contributed by atoms with Crippen molar-refractivity contribution in [2.75, 3.05) is 32.8 Å². The number of carbonyl (C=O) groups is 10. The highest BCUT2D eigenvalue weighted by Crippen LogP contribution is 2.34. The van der Waals surface area contributed by atoms with Crippen LogP contribution < -0.4 is 5.32 Å². The number of cyclic esters (lactones) is 1. The molecule has 0 bridgehead atoms. The summed E-state index contributed by atoms with van der Waals surface area (Å²) in [5.74, 6) is -6.97. The molecule has 5 aliphatic rings. The number of ether oxygens (including phenoxy) is 5. The van der Waals surface area contributed by atoms with Gasteiger partial charge in [-0.05, 0) is 73.6 Å². The summed E-state index contributed by atoms with van der Waals surface area (Å²) in [6.45, 7) is 1.98. The van der Waals surface area contributed by atoms with E-state index in [4.69, 9.17) is 23.7 Å². The fourth-order valence-electron chi connectivity index (χ4n) is 11.1. The molecule has 0 aliphatic carbocycles. The first-order chi connectivity index (χ1) is 42.4. The molecule has 4 aromatic carbocycles. The lowest BCUT2D eigenvalue weighted by molar-refractivity contribution is -0.198. The highest BCUT2D eigenvalue weighted by Gasteiger charge is 2.56. The standard InChI is InChI=1S/C62H73N9O17/c1-4-41(2)51(73)56(78)70-49(30-19-33-66(70)60(82)86-38-44-24-13-7-14-25-44)54(76)68-47(28-17-31-64(68)58(80)84-36-42-20-9-5-10-21-42)53(75)69-48(29-18-32-65(69)59(81)85-37-43-22-11-6-12-23-43)55(77)71-50(52(74)63-62(3)40-88-57(62)79)34-46(72)35-67(71)61(83)87-39-45-26-15-8-16-27-45/h5-16,20-27,41,46-51,72-73H,4,17-19,28-40H2,1-3H3,(H,63,74)/t41-,46?,47?,48?,49?,50?,51-,62+/m0/s1. The summed E-state index contributed by atoms with van der Waals surface area (Å²) in [4.78, 5) is 149. The van der Waals surface area contributed by atoms with E-state index in [2.05, 4.69) is 5.32 Å². The van der Waals surface area contributed by atoms with E-state index in [1.165, 1.54) is 6.92 Å². The second-order valence-electron chi connectivity index (χ2n) is 22.5. The smallest absolute Gasteiger partial charge is 0.429 e. The Balaban J connectivity index is 1.13. The topological polar surface area (TPSA) is 295 Å². The van der Waals surface area contributed by atoms with Gasteiger partial charge in [0.25, 0.3) is 23.6 Å². The second kappa shape index (κ2) is 28.5. The Labute approximate surface area is 508 Å². The van der Waals surface area contributed by atoms with E-state index < -0.39 is 121 Å². The Morgan fingerprint density at radius 1 is 0.545 bits per heavy atom. The van der Waals surface area contributed by atoms with Crippen molar-refractivity contribution in [1.82, 2.24) is 45.4 Å². The molecular formula is C62H73N9O17. The molecule has 0 spiro atoms. The van der Waals surface area contributed by atoms with Crippen LogP contribution in [0.25, 0.3) is 0 Å². The van der Waals surface area contributed by atoms with Crippen LogP contribution in [-0.4, -0.2) is 185 Å². The van der Waals surface area contributed by atoms with Gasteiger partial charge in [0, 0.05) is 26.1 Å². The van der Waals surface area contributed by atoms with Gasteiger partial charge in [0.05, 0.1) is 12.6 Å². The normalized spacial score (nSPS) is 22.7. The predicted molar refractivity (Wildman–Crippen MR) is 307 cm³/mol. The monoisotopic (exact) mass is 1220 g/mol. The van der Waals surface area contributed by atoms with Gasteiger partial charge in [-0.2, -0.15) is 0 Å². The molecule has 26 nitrogen and oxygen atoms in total. The van der Waals surface area contributed by atoms with Gasteiger partial charge < -0.3 is 39.2 Å². The minimum Gasteiger partial charge on any atom is -0.461 e. The number of nitrogens with zero attached hydrogens (tertiary/aromatic N) is 8. The fourth-order valence-corrected chi connectivity index (χ4v) is 11.1. The maximum atomic E-state index is 16.4. The van der Waals surface area contributed by atoms with Gasteiger partial charge in [0.2, 0.25) is 5.91 Å². The molecule has 26 heteroatoms. The van der Waals surface area contributed by atoms with Gasteiger partial charge in [-0.15, -0.1) is 0 Å². The molecule has 4 aromatic rings. The van der Waals surface area contributed by atoms with Gasteiger partial charge in [0.15, 0.2) is 5.54 Å². The molecule has 0 saturated carbocycles. The third kappa shape index (κ3) is 14.2. The van der Waals surface area contributed by atoms with E-state index >= 15 is 14.4 Å². The molecule has 468 valence electrons. The Morgan fingerprint density at radius 3 is 1.23 bits per heavy atom. The highest BCUT2D eigenvalue weighted by atomic mass is 16.6. The Morgan fingerprint density at radius 2 is 0.886 bits per heavy atom. The van der Waals surface area contributed by atoms with Crippen molar-refractivity contribution >= 4 is 59.9 Å². The van der Waals surface area contributed by atoms with Crippen molar-refractivity contribution < 1.29 is 81.8 Å². The number of β-amino-alcohol motifs (C(OH)–C–C–N with tert-alkyl or cyclic N) is 1. The van der Waals surface area contributed by atoms with E-state index in [0.717, 1.165) is 40.1 Å². The molecule has 9 amide bonds. The number of aliphatic hydroxyl groups is 2. The molecule has 3 N–H and O–H groups in total. The minimum atomic E-state index is -1.85. The number of rotatable bonds is 16. The molecule has 5 aliphatic heterocycles. The predicted octanol–water partition coefficient (Wildman–Crippen LogP) is 4.98. The molecule has 0 aromatic heterocycles. The highest BCUT2D eigenvalue weighted by molar-refractivity contribution is 5.99. The van der Waals surface area contributed by atoms with Crippen LogP contribution in [0.15, 0.2) is 121 Å². The Kier molecular flexibility index (Phi) is 20.5. The molecular weight excluding hydrogens is 1140 g/mol. The third-order valence-electron chi connectivity index (χ3n) is 16.1. The van der Waals surface area contributed by atoms with Crippen LogP contribution in [0.5, 0.6) is 0 Å². The molecule has 9 rings (SSSR count). The summed E-state index contributed by atoms with van der Waals surface area (Å²) in [5.41, 5.74) is 0.672. The number of hydrogen-bond donors (Lipinski definition) is 3. The zero-order chi connectivity index (χ0) is 62.6. The number of nitrogens with one attached hydrogen (secondary N) is 1. The van der Waals surface area contributed by atoms with Crippen LogP contribution in [-0.2, 0) is 78.9 Å². The summed E-state index contributed by atoms with van der Waals surface area (Å²) in [5, 5.41) is 32.2. The van der Waals surface area contributed by atoms with Crippen LogP contribution in [0.3, 0.4) is 0 Å². The van der Waals surface area contributed by atoms with Crippen molar-refractivity contribution in [3.8, 4) is 0 Å². The summed E-state index contributed by atoms with van der Waals surface area (Å²) in [6.07, 6.45) is -8.60. The average molecular weight is 1220 g/mol. The maximum Gasteiger partial charge on any atom is 0.429 e. The van der Waals surface area contributed by atoms with Crippen LogP contribution in [0.2, 0.25) is 0 Å². The first-order valence-corrected chi connectivity index (χ1v) is 29.5. The summed E-state index contributed by atoms with van der Waals surface area (Å²) < 4.78 is 28.0. The van der Waals surface area contributed by atoms with Crippen LogP contribution >= 0.6 is 0 Å². The lowest BCUT2D eigenvalue weighted by atomic mass is 9.96. The van der Waals surface area contributed by atoms with Crippen molar-refractivity contribution in [3.63, 3.8) is 0 Å². The Bertz CT molecular complexity index is 3170. The third-order valence-corrected chi connectivity index (χ3v) is 16.1. The lowest BCUT2D eigenvalue weighted by Gasteiger charge is -2.51. The summed E-state index contributed by atoms with van der Waals surface area (Å²) >= 11 is 0. The van der Waals surface area contributed by atoms with Gasteiger partial charge in [-0.1, -0.05) is 142 Å². The molecule has 8 atom stereocenters. The fraction of sp³-hybridized carbons (Fsp3) is 0.452. The van der Waals surface area contributed by atoms with E-state index in [-0.39, 0.29) is 91.2 Å². The Hall–Kier alpha value is -9.30. The summed E-state index contributed by atoms with van der Waals surface area (Å²) in [6, 6.07) is 27.1. The van der Waals surface area contributed by atoms with E-state index in [1.54, 1.807) is 135 Å². The van der Waals surface area contributed by atoms with E-state index in [9.17, 15) is 43.8 Å². The largest absolute Gasteiger partial charge is 0.461 e. The average Bonchev–Trinajstić information content (AvgIpc) is 0.982. The van der Waals surface area contributed by atoms with Crippen molar-refractivity contribution in [1.29, 1.82) is 0 Å². The first-order valence-electron chi connectivity index (χ1n) is 29.5. The van der Waals surface area contributed by atoms with Crippen molar-refractivity contribution in [2.24, 2.45) is 5.92 Å². The van der Waals surface area contributed by atoms with Gasteiger partial charge in [-0.25, -0.2) is 64.0 Å². The molecule has 5 saturated heterocycles. The number of amides is 9. The molecule has 5 fully saturated rings. The van der Waals surface area contributed by atoms with Gasteiger partial charge >= 0.3 is 30.3 Å². The summed E-state index contributed by atoms with van der Waals surface area (Å²) in [7, 11) is 0. The number of benzene rings is 4. The molecule has 0 radical (unpaired) electrons. The number of carbonyl (C=O) groups excluding carboxylic acids is 10. The van der Waals surface area contributed by atoms with Crippen LogP contribution in [0.4, 0.5) is 19.2 Å². The number of esters is 1. The number of aliphatic hydroxyl groups excluding tert-OH is 2. The van der Waals surface area contributed by atoms with Crippen LogP contribution in [0, 0.1) is 5.92 Å². The van der Waals surface area contributed by atoms with E-state index in [0.29, 0.717) is 28.7 Å².